The molecule has 2 atom stereocenters. The van der Waals surface area contributed by atoms with Gasteiger partial charge in [0, 0.05) is 18.6 Å². The molecular formula is C17H34N2O2. The number of carbonyl (C=O) groups is 1. The van der Waals surface area contributed by atoms with E-state index in [-0.39, 0.29) is 5.97 Å². The van der Waals surface area contributed by atoms with E-state index in [1.54, 1.807) is 0 Å². The van der Waals surface area contributed by atoms with Gasteiger partial charge in [0.2, 0.25) is 0 Å². The lowest BCUT2D eigenvalue weighted by atomic mass is 9.92. The van der Waals surface area contributed by atoms with Gasteiger partial charge in [0.15, 0.2) is 0 Å². The molecule has 1 aliphatic rings. The molecule has 0 aromatic heterocycles. The van der Waals surface area contributed by atoms with Crippen LogP contribution in [0.1, 0.15) is 60.8 Å². The number of nitrogens with zero attached hydrogens (tertiary/aromatic N) is 1. The van der Waals surface area contributed by atoms with Crippen LogP contribution >= 0.6 is 0 Å². The number of nitrogens with one attached hydrogen (secondary N) is 1. The van der Waals surface area contributed by atoms with Gasteiger partial charge in [0.05, 0.1) is 6.61 Å². The van der Waals surface area contributed by atoms with E-state index in [1.165, 1.54) is 12.8 Å². The molecule has 2 unspecified atom stereocenters. The summed E-state index contributed by atoms with van der Waals surface area (Å²) in [5.74, 6) is 0.528. The molecule has 0 aliphatic heterocycles. The number of carbonyl (C=O) groups excluding carboxylic acids is 1. The maximum atomic E-state index is 12.3. The van der Waals surface area contributed by atoms with Gasteiger partial charge >= 0.3 is 5.97 Å². The van der Waals surface area contributed by atoms with Crippen LogP contribution in [-0.2, 0) is 9.53 Å². The maximum absolute atomic E-state index is 12.3. The molecule has 0 aromatic carbocycles. The van der Waals surface area contributed by atoms with Crippen LogP contribution in [0.25, 0.3) is 0 Å². The van der Waals surface area contributed by atoms with E-state index in [1.807, 2.05) is 20.8 Å². The predicted octanol–water partition coefficient (Wildman–Crippen LogP) is 2.82. The van der Waals surface area contributed by atoms with Gasteiger partial charge in [0.1, 0.15) is 5.54 Å². The van der Waals surface area contributed by atoms with Crippen molar-refractivity contribution < 1.29 is 9.53 Å². The van der Waals surface area contributed by atoms with Gasteiger partial charge in [0.25, 0.3) is 0 Å². The van der Waals surface area contributed by atoms with Crippen LogP contribution in [0.4, 0.5) is 0 Å². The van der Waals surface area contributed by atoms with E-state index < -0.39 is 5.54 Å². The van der Waals surface area contributed by atoms with Gasteiger partial charge in [-0.05, 0) is 52.5 Å². The first kappa shape index (κ1) is 18.4. The number of rotatable bonds is 10. The fourth-order valence-electron chi connectivity index (χ4n) is 3.13. The van der Waals surface area contributed by atoms with Gasteiger partial charge in [-0.3, -0.25) is 9.69 Å². The molecule has 1 rings (SSSR count). The highest BCUT2D eigenvalue weighted by molar-refractivity contribution is 5.80. The third-order valence-electron chi connectivity index (χ3n) is 4.15. The molecule has 4 heteroatoms. The summed E-state index contributed by atoms with van der Waals surface area (Å²) >= 11 is 0. The second-order valence-corrected chi connectivity index (χ2v) is 6.96. The Labute approximate surface area is 130 Å². The van der Waals surface area contributed by atoms with Crippen molar-refractivity contribution in [2.24, 2.45) is 5.92 Å². The summed E-state index contributed by atoms with van der Waals surface area (Å²) in [6.45, 7) is 15.0. The first-order valence-electron chi connectivity index (χ1n) is 8.52. The molecule has 0 heterocycles. The molecule has 0 aromatic rings. The highest BCUT2D eigenvalue weighted by atomic mass is 16.5. The average Bonchev–Trinajstić information content (AvgIpc) is 3.20. The van der Waals surface area contributed by atoms with Crippen molar-refractivity contribution in [3.63, 3.8) is 0 Å². The second kappa shape index (κ2) is 8.14. The van der Waals surface area contributed by atoms with E-state index in [2.05, 4.69) is 31.0 Å². The lowest BCUT2D eigenvalue weighted by molar-refractivity contribution is -0.151. The maximum Gasteiger partial charge on any atom is 0.326 e. The van der Waals surface area contributed by atoms with E-state index in [4.69, 9.17) is 4.74 Å². The monoisotopic (exact) mass is 298 g/mol. The topological polar surface area (TPSA) is 41.6 Å². The number of hydrogen-bond acceptors (Lipinski definition) is 4. The van der Waals surface area contributed by atoms with Crippen molar-refractivity contribution in [1.29, 1.82) is 0 Å². The first-order chi connectivity index (χ1) is 9.84. The summed E-state index contributed by atoms with van der Waals surface area (Å²) in [5.41, 5.74) is -0.589. The van der Waals surface area contributed by atoms with Crippen LogP contribution in [-0.4, -0.2) is 48.2 Å². The van der Waals surface area contributed by atoms with Crippen molar-refractivity contribution >= 4 is 5.97 Å². The fourth-order valence-corrected chi connectivity index (χ4v) is 3.13. The van der Waals surface area contributed by atoms with Crippen LogP contribution < -0.4 is 5.32 Å². The fraction of sp³-hybridized carbons (Fsp3) is 0.941. The van der Waals surface area contributed by atoms with Gasteiger partial charge in [-0.15, -0.1) is 0 Å². The zero-order chi connectivity index (χ0) is 16.0. The van der Waals surface area contributed by atoms with Crippen LogP contribution in [0.3, 0.4) is 0 Å². The average molecular weight is 298 g/mol. The molecule has 0 saturated heterocycles. The highest BCUT2D eigenvalue weighted by Gasteiger charge is 2.40. The zero-order valence-corrected chi connectivity index (χ0v) is 14.7. The number of ether oxygens (including phenoxy) is 1. The molecule has 21 heavy (non-hydrogen) atoms. The third-order valence-corrected chi connectivity index (χ3v) is 4.15. The Morgan fingerprint density at radius 3 is 2.38 bits per heavy atom. The summed E-state index contributed by atoms with van der Waals surface area (Å²) in [6, 6.07) is 1.10. The number of esters is 1. The molecule has 0 amide bonds. The first-order valence-corrected chi connectivity index (χ1v) is 8.52. The Bertz CT molecular complexity index is 329. The van der Waals surface area contributed by atoms with Crippen molar-refractivity contribution in [2.75, 3.05) is 19.7 Å². The zero-order valence-electron chi connectivity index (χ0n) is 14.7. The Kier molecular flexibility index (Phi) is 7.14. The molecule has 124 valence electrons. The van der Waals surface area contributed by atoms with E-state index in [9.17, 15) is 4.79 Å². The van der Waals surface area contributed by atoms with E-state index in [0.29, 0.717) is 18.6 Å². The summed E-state index contributed by atoms with van der Waals surface area (Å²) in [5, 5.41) is 3.34. The summed E-state index contributed by atoms with van der Waals surface area (Å²) < 4.78 is 5.28. The van der Waals surface area contributed by atoms with Crippen molar-refractivity contribution in [2.45, 2.75) is 78.4 Å². The minimum atomic E-state index is -0.589. The molecule has 1 N–H and O–H groups in total. The van der Waals surface area contributed by atoms with Gasteiger partial charge in [-0.1, -0.05) is 20.8 Å². The smallest absolute Gasteiger partial charge is 0.326 e. The predicted molar refractivity (Wildman–Crippen MR) is 87.4 cm³/mol. The van der Waals surface area contributed by atoms with Crippen LogP contribution in [0.15, 0.2) is 0 Å². The largest absolute Gasteiger partial charge is 0.465 e. The molecular weight excluding hydrogens is 264 g/mol. The third kappa shape index (κ3) is 5.59. The van der Waals surface area contributed by atoms with E-state index >= 15 is 0 Å². The van der Waals surface area contributed by atoms with Gasteiger partial charge < -0.3 is 10.1 Å². The normalized spacial score (nSPS) is 19.6. The summed E-state index contributed by atoms with van der Waals surface area (Å²) in [4.78, 5) is 14.9. The van der Waals surface area contributed by atoms with Crippen LogP contribution in [0.5, 0.6) is 0 Å². The SMILES string of the molecule is CCNC(C)(CC(C)N(CC(C)C)C1CC1)C(=O)OCC. The molecule has 4 nitrogen and oxygen atoms in total. The van der Waals surface area contributed by atoms with Crippen LogP contribution in [0, 0.1) is 5.92 Å². The number of likely N-dealkylation sites (N-methyl/N-ethyl adjacent to an activating group) is 1. The molecule has 0 spiro atoms. The summed E-state index contributed by atoms with van der Waals surface area (Å²) in [6.07, 6.45) is 3.39. The molecule has 1 fully saturated rings. The van der Waals surface area contributed by atoms with Gasteiger partial charge in [-0.2, -0.15) is 0 Å². The Morgan fingerprint density at radius 1 is 1.33 bits per heavy atom. The molecule has 0 bridgehead atoms. The minimum absolute atomic E-state index is 0.126. The lowest BCUT2D eigenvalue weighted by Gasteiger charge is -2.37. The quantitative estimate of drug-likeness (QED) is 0.630. The van der Waals surface area contributed by atoms with Crippen molar-refractivity contribution in [1.82, 2.24) is 10.2 Å². The molecule has 1 aliphatic carbocycles. The molecule has 0 radical (unpaired) electrons. The Morgan fingerprint density at radius 2 is 1.95 bits per heavy atom. The van der Waals surface area contributed by atoms with Crippen molar-refractivity contribution in [3.05, 3.63) is 0 Å². The highest BCUT2D eigenvalue weighted by Crippen LogP contribution is 2.31. The second-order valence-electron chi connectivity index (χ2n) is 6.96. The molecule has 1 saturated carbocycles. The standard InChI is InChI=1S/C17H34N2O2/c1-7-18-17(6,16(20)21-8-2)11-14(5)19(12-13(3)4)15-9-10-15/h13-15,18H,7-12H2,1-6H3. The van der Waals surface area contributed by atoms with Crippen molar-refractivity contribution in [3.8, 4) is 0 Å². The minimum Gasteiger partial charge on any atom is -0.465 e. The van der Waals surface area contributed by atoms with E-state index in [0.717, 1.165) is 25.6 Å². The Balaban J connectivity index is 2.73. The summed E-state index contributed by atoms with van der Waals surface area (Å²) in [7, 11) is 0. The number of hydrogen-bond donors (Lipinski definition) is 1. The lowest BCUT2D eigenvalue weighted by Crippen LogP contribution is -2.54. The van der Waals surface area contributed by atoms with Crippen LogP contribution in [0.2, 0.25) is 0 Å². The Hall–Kier alpha value is -0.610. The van der Waals surface area contributed by atoms with Gasteiger partial charge in [-0.25, -0.2) is 0 Å².